The summed E-state index contributed by atoms with van der Waals surface area (Å²) in [6, 6.07) is 0. The summed E-state index contributed by atoms with van der Waals surface area (Å²) in [5, 5.41) is 8.39. The molecule has 10 heavy (non-hydrogen) atoms. The van der Waals surface area contributed by atoms with E-state index in [0.717, 1.165) is 19.3 Å². The summed E-state index contributed by atoms with van der Waals surface area (Å²) in [5.74, 6) is -0.665. The quantitative estimate of drug-likeness (QED) is 0.755. The molecule has 0 saturated carbocycles. The van der Waals surface area contributed by atoms with Crippen molar-refractivity contribution in [3.8, 4) is 0 Å². The van der Waals surface area contributed by atoms with Gasteiger partial charge in [0.15, 0.2) is 0 Å². The van der Waals surface area contributed by atoms with Crippen LogP contribution in [0.5, 0.6) is 0 Å². The first-order chi connectivity index (χ1) is 4.66. The molecule has 0 aromatic rings. The molecule has 0 aromatic heterocycles. The van der Waals surface area contributed by atoms with Crippen LogP contribution >= 0.6 is 0 Å². The summed E-state index contributed by atoms with van der Waals surface area (Å²) in [4.78, 5) is 10.2. The van der Waals surface area contributed by atoms with Gasteiger partial charge >= 0.3 is 74.7 Å². The van der Waals surface area contributed by atoms with Gasteiger partial charge in [0.1, 0.15) is 0 Å². The number of rotatable bonds is 5. The molecule has 1 atom stereocenters. The molecule has 0 saturated heterocycles. The van der Waals surface area contributed by atoms with Crippen LogP contribution in [0.15, 0.2) is 0 Å². The molecule has 1 N–H and O–H groups in total. The second-order valence-corrected chi connectivity index (χ2v) is 4.48. The van der Waals surface area contributed by atoms with E-state index in [2.05, 4.69) is 6.92 Å². The van der Waals surface area contributed by atoms with Crippen molar-refractivity contribution in [3.05, 3.63) is 0 Å². The van der Waals surface area contributed by atoms with Crippen LogP contribution in [0, 0.1) is 0 Å². The Morgan fingerprint density at radius 1 is 1.70 bits per heavy atom. The van der Waals surface area contributed by atoms with E-state index in [9.17, 15) is 4.79 Å². The van der Waals surface area contributed by atoms with Crippen LogP contribution in [0.2, 0.25) is 3.97 Å². The van der Waals surface area contributed by atoms with E-state index in [1.807, 2.05) is 0 Å². The first-order valence-electron chi connectivity index (χ1n) is 3.56. The summed E-state index contributed by atoms with van der Waals surface area (Å²) in [5.41, 5.74) is 0. The van der Waals surface area contributed by atoms with Crippen molar-refractivity contribution in [1.82, 2.24) is 0 Å². The number of carbonyl (C=O) groups is 1. The van der Waals surface area contributed by atoms with E-state index in [4.69, 9.17) is 5.11 Å². The molecule has 3 heteroatoms. The third kappa shape index (κ3) is 6.38. The van der Waals surface area contributed by atoms with Crippen molar-refractivity contribution in [2.24, 2.45) is 0 Å². The van der Waals surface area contributed by atoms with Crippen LogP contribution in [0.25, 0.3) is 0 Å². The summed E-state index contributed by atoms with van der Waals surface area (Å²) in [6.07, 6.45) is 3.73. The van der Waals surface area contributed by atoms with Crippen LogP contribution in [-0.2, 0) is 4.79 Å². The first kappa shape index (κ1) is 10.3. The molecule has 0 bridgehead atoms. The van der Waals surface area contributed by atoms with Gasteiger partial charge in [-0.1, -0.05) is 0 Å². The maximum absolute atomic E-state index is 10.2. The van der Waals surface area contributed by atoms with Gasteiger partial charge in [-0.15, -0.1) is 0 Å². The molecule has 0 aromatic carbocycles. The van der Waals surface area contributed by atoms with Crippen molar-refractivity contribution in [2.45, 2.75) is 36.6 Å². The van der Waals surface area contributed by atoms with Gasteiger partial charge in [0.25, 0.3) is 0 Å². The zero-order valence-corrected chi connectivity index (χ0v) is 8.76. The standard InChI is InChI=1S/C7H14O2Te/c1-2-3-4-6(10)5-7(8)9/h6,10H,2-5H2,1H3,(H,8,9). The fraction of sp³-hybridized carbons (Fsp3) is 0.857. The van der Waals surface area contributed by atoms with Gasteiger partial charge in [-0.25, -0.2) is 0 Å². The number of hydrogen-bond acceptors (Lipinski definition) is 1. The summed E-state index contributed by atoms with van der Waals surface area (Å²) in [6.45, 7) is 2.12. The first-order valence-corrected chi connectivity index (χ1v) is 5.04. The zero-order chi connectivity index (χ0) is 7.98. The number of hydrogen-bond donors (Lipinski definition) is 1. The third-order valence-corrected chi connectivity index (χ3v) is 2.56. The Morgan fingerprint density at radius 3 is 2.70 bits per heavy atom. The Hall–Kier alpha value is 0.260. The molecule has 0 aliphatic heterocycles. The summed E-state index contributed by atoms with van der Waals surface area (Å²) in [7, 11) is 0. The minimum atomic E-state index is -0.665. The average molecular weight is 258 g/mol. The number of aliphatic carboxylic acids is 1. The van der Waals surface area contributed by atoms with Crippen molar-refractivity contribution in [1.29, 1.82) is 0 Å². The van der Waals surface area contributed by atoms with Crippen LogP contribution in [0.4, 0.5) is 0 Å². The molecule has 0 spiro atoms. The molecule has 0 radical (unpaired) electrons. The molecule has 0 aliphatic rings. The van der Waals surface area contributed by atoms with Crippen LogP contribution in [-0.4, -0.2) is 33.4 Å². The second kappa shape index (κ2) is 6.00. The van der Waals surface area contributed by atoms with Crippen molar-refractivity contribution in [2.75, 3.05) is 0 Å². The topological polar surface area (TPSA) is 37.3 Å². The fourth-order valence-electron chi connectivity index (χ4n) is 0.743. The molecule has 0 rings (SSSR count). The Morgan fingerprint density at radius 2 is 2.30 bits per heavy atom. The minimum absolute atomic E-state index is 0.342. The van der Waals surface area contributed by atoms with Crippen molar-refractivity contribution in [3.63, 3.8) is 0 Å². The van der Waals surface area contributed by atoms with Crippen LogP contribution in [0.1, 0.15) is 32.6 Å². The molecule has 60 valence electrons. The van der Waals surface area contributed by atoms with E-state index in [0.29, 0.717) is 10.4 Å². The van der Waals surface area contributed by atoms with Gasteiger partial charge in [0.2, 0.25) is 0 Å². The Labute approximate surface area is 74.9 Å². The predicted octanol–water partition coefficient (Wildman–Crippen LogP) is 1.34. The van der Waals surface area contributed by atoms with Gasteiger partial charge < -0.3 is 0 Å². The average Bonchev–Trinajstić information content (AvgIpc) is 1.82. The molecule has 1 unspecified atom stereocenters. The van der Waals surface area contributed by atoms with Crippen LogP contribution in [0.3, 0.4) is 0 Å². The Balaban J connectivity index is 3.25. The molecule has 0 amide bonds. The third-order valence-electron chi connectivity index (χ3n) is 1.30. The van der Waals surface area contributed by atoms with Crippen LogP contribution < -0.4 is 0 Å². The summed E-state index contributed by atoms with van der Waals surface area (Å²) >= 11 is 1.64. The van der Waals surface area contributed by atoms with E-state index in [1.165, 1.54) is 0 Å². The molecular weight excluding hydrogens is 244 g/mol. The Kier molecular flexibility index (Phi) is 6.16. The van der Waals surface area contributed by atoms with E-state index >= 15 is 0 Å². The molecule has 0 heterocycles. The van der Waals surface area contributed by atoms with Gasteiger partial charge in [0.05, 0.1) is 0 Å². The zero-order valence-electron chi connectivity index (χ0n) is 6.21. The van der Waals surface area contributed by atoms with Gasteiger partial charge in [0, 0.05) is 0 Å². The molecule has 0 aliphatic carbocycles. The second-order valence-electron chi connectivity index (χ2n) is 2.39. The van der Waals surface area contributed by atoms with Crippen molar-refractivity contribution < 1.29 is 9.90 Å². The Bertz CT molecular complexity index is 104. The normalized spacial score (nSPS) is 13.0. The van der Waals surface area contributed by atoms with Gasteiger partial charge in [-0.05, 0) is 0 Å². The monoisotopic (exact) mass is 260 g/mol. The van der Waals surface area contributed by atoms with Gasteiger partial charge in [-0.2, -0.15) is 0 Å². The maximum atomic E-state index is 10.2. The molecule has 2 nitrogen and oxygen atoms in total. The van der Waals surface area contributed by atoms with Gasteiger partial charge in [-0.3, -0.25) is 0 Å². The number of unbranched alkanes of at least 4 members (excludes halogenated alkanes) is 1. The molecule has 0 fully saturated rings. The fourth-order valence-corrected chi connectivity index (χ4v) is 1.71. The number of carboxylic acid groups (broad SMARTS) is 1. The van der Waals surface area contributed by atoms with E-state index in [-0.39, 0.29) is 0 Å². The van der Waals surface area contributed by atoms with E-state index < -0.39 is 5.97 Å². The summed E-state index contributed by atoms with van der Waals surface area (Å²) < 4.78 is 0.395. The predicted molar refractivity (Wildman–Crippen MR) is 42.7 cm³/mol. The number of carboxylic acids is 1. The van der Waals surface area contributed by atoms with E-state index in [1.54, 1.807) is 22.3 Å². The van der Waals surface area contributed by atoms with Crippen molar-refractivity contribution >= 4 is 28.3 Å². The molecular formula is C7H14O2Te. The SMILES string of the molecule is CCCCC([TeH])CC(=O)O.